The molecular formula is C28H30N6O4. The number of carbonyl (C=O) groups excluding carboxylic acids is 2. The Kier molecular flexibility index (Phi) is 6.50. The lowest BCUT2D eigenvalue weighted by atomic mass is 9.69. The fourth-order valence-electron chi connectivity index (χ4n) is 5.39. The molecule has 2 heterocycles. The van der Waals surface area contributed by atoms with Gasteiger partial charge in [0.15, 0.2) is 5.60 Å². The summed E-state index contributed by atoms with van der Waals surface area (Å²) in [5.41, 5.74) is 11.1. The van der Waals surface area contributed by atoms with Gasteiger partial charge in [-0.1, -0.05) is 23.3 Å². The largest absolute Gasteiger partial charge is 0.485 e. The Morgan fingerprint density at radius 2 is 1.97 bits per heavy atom. The van der Waals surface area contributed by atoms with E-state index in [-0.39, 0.29) is 35.6 Å². The zero-order chi connectivity index (χ0) is 27.0. The maximum Gasteiger partial charge on any atom is 0.340 e. The van der Waals surface area contributed by atoms with E-state index in [0.29, 0.717) is 24.3 Å². The van der Waals surface area contributed by atoms with Gasteiger partial charge in [0, 0.05) is 74.8 Å². The zero-order valence-electron chi connectivity index (χ0n) is 21.8. The first-order chi connectivity index (χ1) is 18.3. The van der Waals surface area contributed by atoms with Gasteiger partial charge in [-0.3, -0.25) is 4.79 Å². The van der Waals surface area contributed by atoms with Gasteiger partial charge in [0.2, 0.25) is 0 Å². The van der Waals surface area contributed by atoms with Gasteiger partial charge in [0.05, 0.1) is 17.0 Å². The number of nitrogens with zero attached hydrogens (tertiary/aromatic N) is 5. The van der Waals surface area contributed by atoms with Crippen molar-refractivity contribution in [1.29, 1.82) is 0 Å². The SMILES string of the molecule is CN(C)C1=CC2Oc3cc(N(C)C)ccc3[C@@]3(OC(=O)c4c(C(=O)NCCCN=[N+]=[N-])cccc43)C2C=C1. The van der Waals surface area contributed by atoms with Crippen LogP contribution in [0.3, 0.4) is 0 Å². The number of benzene rings is 2. The summed E-state index contributed by atoms with van der Waals surface area (Å²) < 4.78 is 12.9. The van der Waals surface area contributed by atoms with Crippen LogP contribution in [0.15, 0.2) is 65.4 Å². The molecule has 10 nitrogen and oxygen atoms in total. The molecule has 2 aromatic carbocycles. The van der Waals surface area contributed by atoms with E-state index in [1.165, 1.54) is 0 Å². The number of esters is 1. The van der Waals surface area contributed by atoms with Crippen LogP contribution in [0.4, 0.5) is 5.69 Å². The number of hydrogen-bond acceptors (Lipinski definition) is 7. The van der Waals surface area contributed by atoms with Gasteiger partial charge in [0.25, 0.3) is 5.91 Å². The van der Waals surface area contributed by atoms with E-state index in [4.69, 9.17) is 15.0 Å². The molecule has 2 aliphatic heterocycles. The summed E-state index contributed by atoms with van der Waals surface area (Å²) in [5, 5.41) is 6.31. The average molecular weight is 515 g/mol. The molecule has 0 bridgehead atoms. The van der Waals surface area contributed by atoms with E-state index in [0.717, 1.165) is 16.9 Å². The van der Waals surface area contributed by atoms with E-state index < -0.39 is 11.6 Å². The summed E-state index contributed by atoms with van der Waals surface area (Å²) in [4.78, 5) is 33.4. The lowest BCUT2D eigenvalue weighted by Gasteiger charge is -2.45. The van der Waals surface area contributed by atoms with Gasteiger partial charge in [-0.25, -0.2) is 4.79 Å². The Balaban J connectivity index is 1.62. The number of azide groups is 1. The molecule has 2 aromatic rings. The molecule has 0 aromatic heterocycles. The zero-order valence-corrected chi connectivity index (χ0v) is 21.8. The smallest absolute Gasteiger partial charge is 0.340 e. The number of amides is 1. The van der Waals surface area contributed by atoms with E-state index in [2.05, 4.69) is 15.3 Å². The van der Waals surface area contributed by atoms with Gasteiger partial charge >= 0.3 is 5.97 Å². The standard InChI is InChI=1S/C28H30N6O4/c1-33(2)17-9-11-20-23(15-17)37-24-16-18(34(3)4)10-12-21(24)28(20)22-8-5-7-19(25(22)27(36)38-28)26(35)30-13-6-14-31-32-29/h5,7-12,15-16,20,23H,6,13-14H2,1-4H3,(H,30,35)/t20?,23?,28-/m0/s1. The van der Waals surface area contributed by atoms with Crippen molar-refractivity contribution in [2.24, 2.45) is 11.0 Å². The molecule has 38 heavy (non-hydrogen) atoms. The van der Waals surface area contributed by atoms with Crippen molar-refractivity contribution in [2.75, 3.05) is 46.2 Å². The third kappa shape index (κ3) is 4.03. The minimum absolute atomic E-state index is 0.256. The Morgan fingerprint density at radius 1 is 1.16 bits per heavy atom. The van der Waals surface area contributed by atoms with Gasteiger partial charge in [-0.15, -0.1) is 0 Å². The summed E-state index contributed by atoms with van der Waals surface area (Å²) in [6.45, 7) is 0.593. The van der Waals surface area contributed by atoms with Crippen molar-refractivity contribution >= 4 is 17.6 Å². The first-order valence-corrected chi connectivity index (χ1v) is 12.5. The summed E-state index contributed by atoms with van der Waals surface area (Å²) in [6.07, 6.45) is 6.20. The number of nitrogens with one attached hydrogen (secondary N) is 1. The second-order valence-corrected chi connectivity index (χ2v) is 9.95. The molecule has 1 aliphatic carbocycles. The molecule has 0 fully saturated rings. The summed E-state index contributed by atoms with van der Waals surface area (Å²) >= 11 is 0. The topological polar surface area (TPSA) is 120 Å². The van der Waals surface area contributed by atoms with Gasteiger partial charge in [0.1, 0.15) is 11.9 Å². The molecule has 1 N–H and O–H groups in total. The van der Waals surface area contributed by atoms with Crippen molar-refractivity contribution in [1.82, 2.24) is 10.2 Å². The highest BCUT2D eigenvalue weighted by molar-refractivity contribution is 6.08. The second-order valence-electron chi connectivity index (χ2n) is 9.95. The van der Waals surface area contributed by atoms with Gasteiger partial charge in [-0.05, 0) is 42.3 Å². The number of ether oxygens (including phenoxy) is 2. The number of rotatable bonds is 7. The van der Waals surface area contributed by atoms with Crippen LogP contribution >= 0.6 is 0 Å². The molecule has 10 heteroatoms. The second kappa shape index (κ2) is 9.79. The van der Waals surface area contributed by atoms with Gasteiger partial charge in [-0.2, -0.15) is 0 Å². The van der Waals surface area contributed by atoms with E-state index in [1.807, 2.05) is 80.5 Å². The first-order valence-electron chi connectivity index (χ1n) is 12.5. The first kappa shape index (κ1) is 25.2. The van der Waals surface area contributed by atoms with Crippen LogP contribution in [-0.2, 0) is 10.3 Å². The predicted octanol–water partition coefficient (Wildman–Crippen LogP) is 3.99. The molecule has 2 unspecified atom stereocenters. The molecule has 196 valence electrons. The third-order valence-corrected chi connectivity index (χ3v) is 7.24. The van der Waals surface area contributed by atoms with Crippen LogP contribution in [0.2, 0.25) is 0 Å². The van der Waals surface area contributed by atoms with Crippen LogP contribution in [0.25, 0.3) is 10.4 Å². The Bertz CT molecular complexity index is 1410. The highest BCUT2D eigenvalue weighted by Gasteiger charge is 2.59. The summed E-state index contributed by atoms with van der Waals surface area (Å²) in [5.74, 6) is -0.622. The maximum atomic E-state index is 13.6. The molecule has 3 aliphatic rings. The molecule has 3 atom stereocenters. The predicted molar refractivity (Wildman–Crippen MR) is 143 cm³/mol. The highest BCUT2D eigenvalue weighted by atomic mass is 16.6. The lowest BCUT2D eigenvalue weighted by molar-refractivity contribution is -0.0421. The van der Waals surface area contributed by atoms with Crippen LogP contribution in [0.1, 0.15) is 38.3 Å². The van der Waals surface area contributed by atoms with E-state index in [1.54, 1.807) is 12.1 Å². The van der Waals surface area contributed by atoms with E-state index >= 15 is 0 Å². The minimum Gasteiger partial charge on any atom is -0.485 e. The monoisotopic (exact) mass is 514 g/mol. The Labute approximate surface area is 221 Å². The third-order valence-electron chi connectivity index (χ3n) is 7.24. The summed E-state index contributed by atoms with van der Waals surface area (Å²) in [6, 6.07) is 11.2. The van der Waals surface area contributed by atoms with Crippen LogP contribution < -0.4 is 15.0 Å². The number of allylic oxidation sites excluding steroid dienone is 1. The molecule has 0 radical (unpaired) electrons. The van der Waals surface area contributed by atoms with Crippen molar-refractivity contribution in [3.8, 4) is 5.75 Å². The highest BCUT2D eigenvalue weighted by Crippen LogP contribution is 2.56. The molecular weight excluding hydrogens is 484 g/mol. The van der Waals surface area contributed by atoms with Crippen LogP contribution in [0.5, 0.6) is 5.75 Å². The Hall–Kier alpha value is -4.43. The van der Waals surface area contributed by atoms with Crippen molar-refractivity contribution in [3.05, 3.63) is 93.0 Å². The molecule has 5 rings (SSSR count). The van der Waals surface area contributed by atoms with Crippen molar-refractivity contribution < 1.29 is 19.1 Å². The average Bonchev–Trinajstić information content (AvgIpc) is 3.20. The number of fused-ring (bicyclic) bond motifs is 6. The summed E-state index contributed by atoms with van der Waals surface area (Å²) in [7, 11) is 7.85. The minimum atomic E-state index is -1.15. The van der Waals surface area contributed by atoms with E-state index in [9.17, 15) is 9.59 Å². The fourth-order valence-corrected chi connectivity index (χ4v) is 5.39. The normalized spacial score (nSPS) is 22.2. The maximum absolute atomic E-state index is 13.6. The number of likely N-dealkylation sites (N-methyl/N-ethyl adjacent to an activating group) is 1. The quantitative estimate of drug-likeness (QED) is 0.196. The number of anilines is 1. The van der Waals surface area contributed by atoms with Gasteiger partial charge < -0.3 is 24.6 Å². The number of carbonyl (C=O) groups is 2. The Morgan fingerprint density at radius 3 is 2.71 bits per heavy atom. The van der Waals surface area contributed by atoms with Crippen LogP contribution in [-0.4, -0.2) is 64.2 Å². The van der Waals surface area contributed by atoms with Crippen LogP contribution in [0, 0.1) is 5.92 Å². The molecule has 1 spiro atoms. The fraction of sp³-hybridized carbons (Fsp3) is 0.357. The molecule has 1 amide bonds. The lowest BCUT2D eigenvalue weighted by Crippen LogP contribution is -2.48. The molecule has 0 saturated heterocycles. The van der Waals surface area contributed by atoms with Crippen molar-refractivity contribution in [3.63, 3.8) is 0 Å². The molecule has 0 saturated carbocycles. The van der Waals surface area contributed by atoms with Crippen molar-refractivity contribution in [2.45, 2.75) is 18.1 Å². The number of hydrogen-bond donors (Lipinski definition) is 1.